The van der Waals surface area contributed by atoms with Crippen LogP contribution < -0.4 is 4.87 Å². The third-order valence-corrected chi connectivity index (χ3v) is 2.82. The monoisotopic (exact) mass is 265 g/mol. The normalized spacial score (nSPS) is 12.5. The van der Waals surface area contributed by atoms with Gasteiger partial charge in [-0.1, -0.05) is 27.3 Å². The average molecular weight is 266 g/mol. The molecule has 1 aromatic heterocycles. The number of alkyl halides is 1. The molecule has 0 saturated carbocycles. The van der Waals surface area contributed by atoms with Gasteiger partial charge in [-0.2, -0.15) is 0 Å². The quantitative estimate of drug-likeness (QED) is 0.602. The van der Waals surface area contributed by atoms with E-state index in [9.17, 15) is 9.59 Å². The van der Waals surface area contributed by atoms with E-state index in [0.29, 0.717) is 6.54 Å². The van der Waals surface area contributed by atoms with Gasteiger partial charge in [-0.3, -0.25) is 9.59 Å². The minimum atomic E-state index is -0.468. The summed E-state index contributed by atoms with van der Waals surface area (Å²) < 4.78 is 5.96. The highest BCUT2D eigenvalue weighted by atomic mass is 79.9. The number of carbonyl (C=O) groups is 1. The fourth-order valence-electron chi connectivity index (χ4n) is 0.801. The Balaban J connectivity index is 2.65. The van der Waals surface area contributed by atoms with E-state index in [0.717, 1.165) is 11.3 Å². The van der Waals surface area contributed by atoms with Crippen molar-refractivity contribution in [3.8, 4) is 0 Å². The summed E-state index contributed by atoms with van der Waals surface area (Å²) >= 11 is 4.23. The van der Waals surface area contributed by atoms with Crippen molar-refractivity contribution < 1.29 is 9.53 Å². The fourth-order valence-corrected chi connectivity index (χ4v) is 1.90. The molecule has 1 heterocycles. The van der Waals surface area contributed by atoms with E-state index < -0.39 is 4.83 Å². The highest BCUT2D eigenvalue weighted by molar-refractivity contribution is 9.10. The molecule has 1 rings (SSSR count). The Bertz CT molecular complexity index is 346. The van der Waals surface area contributed by atoms with E-state index in [2.05, 4.69) is 20.7 Å². The lowest BCUT2D eigenvalue weighted by molar-refractivity contribution is -0.140. The van der Waals surface area contributed by atoms with E-state index >= 15 is 0 Å². The second kappa shape index (κ2) is 4.57. The number of carbonyl (C=O) groups excluding carboxylic acids is 1. The highest BCUT2D eigenvalue weighted by Crippen LogP contribution is 2.04. The van der Waals surface area contributed by atoms with Crippen LogP contribution in [0.3, 0.4) is 0 Å². The van der Waals surface area contributed by atoms with Crippen LogP contribution in [0.2, 0.25) is 0 Å². The first-order valence-corrected chi connectivity index (χ1v) is 5.30. The van der Waals surface area contributed by atoms with Crippen LogP contribution in [0, 0.1) is 0 Å². The van der Waals surface area contributed by atoms with Gasteiger partial charge < -0.3 is 9.30 Å². The van der Waals surface area contributed by atoms with Gasteiger partial charge in [0.15, 0.2) is 0 Å². The maximum Gasteiger partial charge on any atom is 0.321 e. The molecule has 0 saturated heterocycles. The van der Waals surface area contributed by atoms with Crippen molar-refractivity contribution in [3.63, 3.8) is 0 Å². The third kappa shape index (κ3) is 2.67. The van der Waals surface area contributed by atoms with Crippen molar-refractivity contribution in [2.24, 2.45) is 0 Å². The first-order chi connectivity index (χ1) is 6.15. The molecule has 0 fully saturated rings. The van der Waals surface area contributed by atoms with Crippen LogP contribution >= 0.6 is 27.3 Å². The van der Waals surface area contributed by atoms with Crippen LogP contribution in [-0.4, -0.2) is 22.5 Å². The van der Waals surface area contributed by atoms with Gasteiger partial charge in [0.1, 0.15) is 4.83 Å². The van der Waals surface area contributed by atoms with Gasteiger partial charge in [0.05, 0.1) is 7.11 Å². The lowest BCUT2D eigenvalue weighted by atomic mass is 10.4. The van der Waals surface area contributed by atoms with Crippen LogP contribution in [0.4, 0.5) is 0 Å². The van der Waals surface area contributed by atoms with Gasteiger partial charge in [0.25, 0.3) is 0 Å². The molecule has 0 aliphatic carbocycles. The Morgan fingerprint density at radius 2 is 2.54 bits per heavy atom. The third-order valence-electron chi connectivity index (χ3n) is 1.46. The van der Waals surface area contributed by atoms with Crippen molar-refractivity contribution in [1.29, 1.82) is 0 Å². The Labute approximate surface area is 87.3 Å². The summed E-state index contributed by atoms with van der Waals surface area (Å²) in [6.07, 6.45) is 1.64. The molecule has 0 bridgehead atoms. The van der Waals surface area contributed by atoms with Crippen LogP contribution in [0.5, 0.6) is 0 Å². The lowest BCUT2D eigenvalue weighted by Gasteiger charge is -2.06. The summed E-state index contributed by atoms with van der Waals surface area (Å²) in [7, 11) is 1.31. The van der Waals surface area contributed by atoms with Gasteiger partial charge in [-0.25, -0.2) is 0 Å². The molecule has 72 valence electrons. The molecule has 1 aromatic rings. The number of halogens is 1. The van der Waals surface area contributed by atoms with Crippen molar-refractivity contribution in [3.05, 3.63) is 21.2 Å². The van der Waals surface area contributed by atoms with E-state index in [1.807, 2.05) is 0 Å². The zero-order chi connectivity index (χ0) is 9.84. The Morgan fingerprint density at radius 3 is 3.00 bits per heavy atom. The molecular weight excluding hydrogens is 258 g/mol. The number of aromatic nitrogens is 1. The van der Waals surface area contributed by atoms with Crippen LogP contribution in [0.15, 0.2) is 16.4 Å². The average Bonchev–Trinajstić information content (AvgIpc) is 2.50. The topological polar surface area (TPSA) is 48.3 Å². The molecule has 4 nitrogen and oxygen atoms in total. The summed E-state index contributed by atoms with van der Waals surface area (Å²) in [6.45, 7) is 0.301. The minimum absolute atomic E-state index is 0.0756. The molecule has 0 N–H and O–H groups in total. The zero-order valence-electron chi connectivity index (χ0n) is 6.90. The van der Waals surface area contributed by atoms with Crippen LogP contribution in [-0.2, 0) is 16.1 Å². The molecule has 0 aliphatic rings. The first kappa shape index (κ1) is 10.5. The Hall–Kier alpha value is -0.620. The number of methoxy groups -OCH3 is 1. The van der Waals surface area contributed by atoms with E-state index in [1.165, 1.54) is 11.7 Å². The van der Waals surface area contributed by atoms with E-state index in [-0.39, 0.29) is 10.8 Å². The molecule has 1 unspecified atom stereocenters. The molecule has 0 aliphatic heterocycles. The maximum atomic E-state index is 11.1. The molecule has 6 heteroatoms. The van der Waals surface area contributed by atoms with Gasteiger partial charge in [-0.05, 0) is 0 Å². The zero-order valence-corrected chi connectivity index (χ0v) is 9.30. The molecule has 0 radical (unpaired) electrons. The summed E-state index contributed by atoms with van der Waals surface area (Å²) in [5.74, 6) is -0.377. The van der Waals surface area contributed by atoms with Gasteiger partial charge >= 0.3 is 10.8 Å². The number of esters is 1. The number of thiazole rings is 1. The standard InChI is InChI=1S/C7H8BrNO3S/c1-12-6(10)5(8)4-9-2-3-13-7(9)11/h2-3,5H,4H2,1H3. The summed E-state index contributed by atoms with van der Waals surface area (Å²) in [4.78, 5) is 21.5. The molecular formula is C7H8BrNO3S. The largest absolute Gasteiger partial charge is 0.468 e. The SMILES string of the molecule is COC(=O)C(Br)Cn1ccsc1=O. The first-order valence-electron chi connectivity index (χ1n) is 3.51. The minimum Gasteiger partial charge on any atom is -0.468 e. The van der Waals surface area contributed by atoms with Crippen molar-refractivity contribution in [1.82, 2.24) is 4.57 Å². The fraction of sp³-hybridized carbons (Fsp3) is 0.429. The van der Waals surface area contributed by atoms with Crippen molar-refractivity contribution in [2.75, 3.05) is 7.11 Å². The predicted octanol–water partition coefficient (Wildman–Crippen LogP) is 0.846. The Morgan fingerprint density at radius 1 is 1.85 bits per heavy atom. The summed E-state index contributed by atoms with van der Waals surface area (Å²) in [5, 5.41) is 1.68. The molecule has 0 amide bonds. The number of nitrogens with zero attached hydrogens (tertiary/aromatic N) is 1. The summed E-state index contributed by atoms with van der Waals surface area (Å²) in [6, 6.07) is 0. The smallest absolute Gasteiger partial charge is 0.321 e. The second-order valence-electron chi connectivity index (χ2n) is 2.31. The van der Waals surface area contributed by atoms with Crippen molar-refractivity contribution >= 4 is 33.2 Å². The van der Waals surface area contributed by atoms with Gasteiger partial charge in [0.2, 0.25) is 0 Å². The van der Waals surface area contributed by atoms with Crippen LogP contribution in [0.25, 0.3) is 0 Å². The number of ether oxygens (including phenoxy) is 1. The molecule has 1 atom stereocenters. The molecule has 0 aromatic carbocycles. The van der Waals surface area contributed by atoms with Crippen molar-refractivity contribution in [2.45, 2.75) is 11.4 Å². The van der Waals surface area contributed by atoms with E-state index in [1.54, 1.807) is 11.6 Å². The maximum absolute atomic E-state index is 11.1. The van der Waals surface area contributed by atoms with Crippen LogP contribution in [0.1, 0.15) is 0 Å². The Kier molecular flexibility index (Phi) is 3.68. The lowest BCUT2D eigenvalue weighted by Crippen LogP contribution is -2.25. The summed E-state index contributed by atoms with van der Waals surface area (Å²) in [5.41, 5.74) is 0. The predicted molar refractivity (Wildman–Crippen MR) is 53.3 cm³/mol. The van der Waals surface area contributed by atoms with E-state index in [4.69, 9.17) is 0 Å². The number of hydrogen-bond acceptors (Lipinski definition) is 4. The molecule has 0 spiro atoms. The van der Waals surface area contributed by atoms with Gasteiger partial charge in [-0.15, -0.1) is 0 Å². The van der Waals surface area contributed by atoms with Gasteiger partial charge in [0, 0.05) is 18.1 Å². The highest BCUT2D eigenvalue weighted by Gasteiger charge is 2.16. The number of rotatable bonds is 3. The second-order valence-corrected chi connectivity index (χ2v) is 4.27. The molecule has 13 heavy (non-hydrogen) atoms. The number of hydrogen-bond donors (Lipinski definition) is 0.